The summed E-state index contributed by atoms with van der Waals surface area (Å²) in [7, 11) is 1.90. The second-order valence-electron chi connectivity index (χ2n) is 9.08. The Kier molecular flexibility index (Phi) is 9.33. The Labute approximate surface area is 199 Å². The molecule has 1 saturated carbocycles. The maximum absolute atomic E-state index is 13.7. The van der Waals surface area contributed by atoms with Crippen LogP contribution >= 0.6 is 0 Å². The SMILES string of the molecule is CN(CC(=O)N[C@@H](Cc1ccc(F)c(F)c1)C(=O)NCc1ccc(N)nc1)CC1CCCCC1. The van der Waals surface area contributed by atoms with Crippen molar-refractivity contribution in [3.63, 3.8) is 0 Å². The Morgan fingerprint density at radius 3 is 2.53 bits per heavy atom. The molecule has 4 N–H and O–H groups in total. The second-order valence-corrected chi connectivity index (χ2v) is 9.08. The van der Waals surface area contributed by atoms with Crippen LogP contribution in [0.2, 0.25) is 0 Å². The van der Waals surface area contributed by atoms with Crippen LogP contribution in [-0.2, 0) is 22.6 Å². The van der Waals surface area contributed by atoms with E-state index in [4.69, 9.17) is 5.73 Å². The third-order valence-electron chi connectivity index (χ3n) is 6.10. The molecule has 1 heterocycles. The Morgan fingerprint density at radius 1 is 1.12 bits per heavy atom. The van der Waals surface area contributed by atoms with Gasteiger partial charge in [-0.25, -0.2) is 13.8 Å². The zero-order valence-electron chi connectivity index (χ0n) is 19.5. The van der Waals surface area contributed by atoms with Crippen LogP contribution in [0.25, 0.3) is 0 Å². The van der Waals surface area contributed by atoms with Gasteiger partial charge in [-0.15, -0.1) is 0 Å². The van der Waals surface area contributed by atoms with Gasteiger partial charge in [-0.05, 0) is 55.1 Å². The van der Waals surface area contributed by atoms with Gasteiger partial charge in [-0.2, -0.15) is 0 Å². The lowest BCUT2D eigenvalue weighted by molar-refractivity contribution is -0.129. The number of nitrogens with zero attached hydrogens (tertiary/aromatic N) is 2. The van der Waals surface area contributed by atoms with E-state index >= 15 is 0 Å². The maximum atomic E-state index is 13.7. The van der Waals surface area contributed by atoms with Crippen molar-refractivity contribution in [2.75, 3.05) is 25.9 Å². The summed E-state index contributed by atoms with van der Waals surface area (Å²) in [6.45, 7) is 1.18. The molecule has 1 atom stereocenters. The largest absolute Gasteiger partial charge is 0.384 e. The normalized spacial score (nSPS) is 15.2. The highest BCUT2D eigenvalue weighted by Gasteiger charge is 2.23. The minimum absolute atomic E-state index is 0.0289. The number of anilines is 1. The first-order chi connectivity index (χ1) is 16.3. The fourth-order valence-corrected chi connectivity index (χ4v) is 4.32. The lowest BCUT2D eigenvalue weighted by Crippen LogP contribution is -2.50. The van der Waals surface area contributed by atoms with Gasteiger partial charge in [-0.3, -0.25) is 14.5 Å². The molecule has 1 aromatic carbocycles. The number of amides is 2. The van der Waals surface area contributed by atoms with Gasteiger partial charge in [0.25, 0.3) is 0 Å². The van der Waals surface area contributed by atoms with Crippen LogP contribution in [0, 0.1) is 17.6 Å². The number of likely N-dealkylation sites (N-methyl/N-ethyl adjacent to an activating group) is 1. The predicted octanol–water partition coefficient (Wildman–Crippen LogP) is 2.80. The summed E-state index contributed by atoms with van der Waals surface area (Å²) < 4.78 is 27.0. The van der Waals surface area contributed by atoms with Gasteiger partial charge >= 0.3 is 0 Å². The summed E-state index contributed by atoms with van der Waals surface area (Å²) in [5, 5.41) is 5.54. The summed E-state index contributed by atoms with van der Waals surface area (Å²) in [6.07, 6.45) is 7.66. The number of carbonyl (C=O) groups excluding carboxylic acids is 2. The summed E-state index contributed by atoms with van der Waals surface area (Å²) >= 11 is 0. The van der Waals surface area contributed by atoms with Gasteiger partial charge in [0.2, 0.25) is 11.8 Å². The van der Waals surface area contributed by atoms with Crippen LogP contribution in [-0.4, -0.2) is 47.9 Å². The van der Waals surface area contributed by atoms with E-state index in [1.54, 1.807) is 18.3 Å². The molecule has 2 amide bonds. The first-order valence-corrected chi connectivity index (χ1v) is 11.7. The van der Waals surface area contributed by atoms with E-state index in [2.05, 4.69) is 15.6 Å². The first-order valence-electron chi connectivity index (χ1n) is 11.7. The van der Waals surface area contributed by atoms with Crippen LogP contribution in [0.4, 0.5) is 14.6 Å². The number of nitrogen functional groups attached to an aromatic ring is 1. The Hall–Kier alpha value is -3.07. The number of aromatic nitrogens is 1. The van der Waals surface area contributed by atoms with Crippen LogP contribution in [0.1, 0.15) is 43.2 Å². The van der Waals surface area contributed by atoms with Crippen molar-refractivity contribution >= 4 is 17.6 Å². The second kappa shape index (κ2) is 12.4. The Bertz CT molecular complexity index is 964. The van der Waals surface area contributed by atoms with Crippen LogP contribution < -0.4 is 16.4 Å². The van der Waals surface area contributed by atoms with E-state index in [1.807, 2.05) is 11.9 Å². The lowest BCUT2D eigenvalue weighted by Gasteiger charge is -2.27. The average molecular weight is 474 g/mol. The fraction of sp³-hybridized carbons (Fsp3) is 0.480. The summed E-state index contributed by atoms with van der Waals surface area (Å²) in [4.78, 5) is 31.6. The van der Waals surface area contributed by atoms with E-state index < -0.39 is 23.6 Å². The van der Waals surface area contributed by atoms with Crippen LogP contribution in [0.5, 0.6) is 0 Å². The maximum Gasteiger partial charge on any atom is 0.243 e. The lowest BCUT2D eigenvalue weighted by atomic mass is 9.89. The Morgan fingerprint density at radius 2 is 1.85 bits per heavy atom. The number of nitrogens with one attached hydrogen (secondary N) is 2. The molecule has 0 spiro atoms. The van der Waals surface area contributed by atoms with Gasteiger partial charge in [0.15, 0.2) is 11.6 Å². The van der Waals surface area contributed by atoms with Crippen LogP contribution in [0.3, 0.4) is 0 Å². The Balaban J connectivity index is 1.61. The minimum Gasteiger partial charge on any atom is -0.384 e. The molecule has 184 valence electrons. The average Bonchev–Trinajstić information content (AvgIpc) is 2.81. The standard InChI is InChI=1S/C25H33F2N5O2/c1-32(15-17-5-3-2-4-6-17)16-24(33)31-22(12-18-7-9-20(26)21(27)11-18)25(34)30-14-19-8-10-23(28)29-13-19/h7-11,13,17,22H,2-6,12,14-16H2,1H3,(H2,28,29)(H,30,34)(H,31,33)/t22-/m0/s1. The highest BCUT2D eigenvalue weighted by atomic mass is 19.2. The molecule has 7 nitrogen and oxygen atoms in total. The van der Waals surface area contributed by atoms with E-state index in [1.165, 1.54) is 38.2 Å². The molecule has 0 saturated heterocycles. The smallest absolute Gasteiger partial charge is 0.243 e. The third-order valence-corrected chi connectivity index (χ3v) is 6.10. The number of rotatable bonds is 10. The highest BCUT2D eigenvalue weighted by Crippen LogP contribution is 2.24. The van der Waals surface area contributed by atoms with Gasteiger partial charge in [0.1, 0.15) is 11.9 Å². The number of benzene rings is 1. The zero-order valence-corrected chi connectivity index (χ0v) is 19.5. The number of hydrogen-bond donors (Lipinski definition) is 3. The van der Waals surface area contributed by atoms with Crippen molar-refractivity contribution < 1.29 is 18.4 Å². The number of nitrogens with two attached hydrogens (primary N) is 1. The van der Waals surface area contributed by atoms with Gasteiger partial charge in [0.05, 0.1) is 6.54 Å². The van der Waals surface area contributed by atoms with Gasteiger partial charge < -0.3 is 16.4 Å². The molecule has 34 heavy (non-hydrogen) atoms. The predicted molar refractivity (Wildman–Crippen MR) is 127 cm³/mol. The van der Waals surface area contributed by atoms with Crippen molar-refractivity contribution in [1.82, 2.24) is 20.5 Å². The number of hydrogen-bond acceptors (Lipinski definition) is 5. The molecule has 2 aromatic rings. The van der Waals surface area contributed by atoms with Crippen molar-refractivity contribution in [3.05, 3.63) is 59.3 Å². The number of pyridine rings is 1. The monoisotopic (exact) mass is 473 g/mol. The van der Waals surface area contributed by atoms with Crippen molar-refractivity contribution in [3.8, 4) is 0 Å². The summed E-state index contributed by atoms with van der Waals surface area (Å²) in [5.74, 6) is -1.73. The quantitative estimate of drug-likeness (QED) is 0.493. The molecule has 1 fully saturated rings. The van der Waals surface area contributed by atoms with E-state index in [9.17, 15) is 18.4 Å². The molecule has 0 aliphatic heterocycles. The van der Waals surface area contributed by atoms with Crippen molar-refractivity contribution in [2.45, 2.75) is 51.1 Å². The summed E-state index contributed by atoms with van der Waals surface area (Å²) in [5.41, 5.74) is 6.74. The molecular formula is C25H33F2N5O2. The van der Waals surface area contributed by atoms with E-state index in [0.29, 0.717) is 17.3 Å². The van der Waals surface area contributed by atoms with E-state index in [-0.39, 0.29) is 25.4 Å². The number of halogens is 2. The molecule has 0 radical (unpaired) electrons. The molecular weight excluding hydrogens is 440 g/mol. The minimum atomic E-state index is -0.997. The molecule has 9 heteroatoms. The zero-order chi connectivity index (χ0) is 24.5. The molecule has 1 aliphatic rings. The van der Waals surface area contributed by atoms with Crippen molar-refractivity contribution in [2.24, 2.45) is 5.92 Å². The molecule has 1 aromatic heterocycles. The third kappa shape index (κ3) is 8.06. The molecule has 3 rings (SSSR count). The molecule has 0 unspecified atom stereocenters. The first kappa shape index (κ1) is 25.6. The van der Waals surface area contributed by atoms with Crippen LogP contribution in [0.15, 0.2) is 36.5 Å². The molecule has 1 aliphatic carbocycles. The van der Waals surface area contributed by atoms with E-state index in [0.717, 1.165) is 24.2 Å². The highest BCUT2D eigenvalue weighted by molar-refractivity contribution is 5.88. The van der Waals surface area contributed by atoms with Gasteiger partial charge in [-0.1, -0.05) is 31.4 Å². The van der Waals surface area contributed by atoms with Crippen molar-refractivity contribution in [1.29, 1.82) is 0 Å². The number of carbonyl (C=O) groups is 2. The summed E-state index contributed by atoms with van der Waals surface area (Å²) in [6, 6.07) is 5.89. The topological polar surface area (TPSA) is 100 Å². The van der Waals surface area contributed by atoms with Gasteiger partial charge in [0, 0.05) is 25.7 Å². The molecule has 0 bridgehead atoms. The fourth-order valence-electron chi connectivity index (χ4n) is 4.32.